The van der Waals surface area contributed by atoms with Crippen LogP contribution in [0, 0.1) is 6.92 Å². The van der Waals surface area contributed by atoms with Crippen molar-refractivity contribution in [2.75, 3.05) is 10.2 Å². The topological polar surface area (TPSA) is 91.4 Å². The Morgan fingerprint density at radius 2 is 2.17 bits per heavy atom. The van der Waals surface area contributed by atoms with Crippen molar-refractivity contribution in [3.8, 4) is 0 Å². The van der Waals surface area contributed by atoms with Crippen molar-refractivity contribution in [3.05, 3.63) is 40.9 Å². The molecule has 8 heteroatoms. The molecule has 1 atom stereocenters. The minimum Gasteiger partial charge on any atom is -0.321 e. The van der Waals surface area contributed by atoms with Gasteiger partial charge in [0.1, 0.15) is 0 Å². The summed E-state index contributed by atoms with van der Waals surface area (Å²) in [5.41, 5.74) is -0.544. The van der Waals surface area contributed by atoms with Crippen LogP contribution in [0.5, 0.6) is 0 Å². The Morgan fingerprint density at radius 3 is 2.92 bits per heavy atom. The zero-order chi connectivity index (χ0) is 16.9. The molecule has 2 N–H and O–H groups in total. The van der Waals surface area contributed by atoms with Gasteiger partial charge in [-0.25, -0.2) is 4.98 Å². The predicted octanol–water partition coefficient (Wildman–Crippen LogP) is 1.66. The summed E-state index contributed by atoms with van der Waals surface area (Å²) >= 11 is 1.34. The van der Waals surface area contributed by atoms with Crippen LogP contribution in [0.1, 0.15) is 28.1 Å². The molecule has 1 fully saturated rings. The molecule has 1 aromatic heterocycles. The first-order valence-corrected chi connectivity index (χ1v) is 8.31. The summed E-state index contributed by atoms with van der Waals surface area (Å²) < 4.78 is 0. The highest BCUT2D eigenvalue weighted by molar-refractivity contribution is 7.15. The van der Waals surface area contributed by atoms with E-state index in [0.717, 1.165) is 4.88 Å². The highest BCUT2D eigenvalue weighted by atomic mass is 32.1. The standard InChI is InChI=1S/C16H14N4O3S/c1-9-8-17-15(24-9)18-14(23)16-7-6-12(21)20(16)11-5-3-2-4-10(11)13(22)19-16/h2-5,8H,6-7H2,1H3,(H,19,22)(H,17,18,23). The van der Waals surface area contributed by atoms with Crippen LogP contribution in [0.25, 0.3) is 0 Å². The molecule has 2 aliphatic heterocycles. The molecule has 1 unspecified atom stereocenters. The van der Waals surface area contributed by atoms with Crippen LogP contribution in [-0.2, 0) is 9.59 Å². The maximum Gasteiger partial charge on any atom is 0.273 e. The number of aryl methyl sites for hydroxylation is 1. The van der Waals surface area contributed by atoms with E-state index >= 15 is 0 Å². The molecule has 2 aliphatic rings. The Bertz CT molecular complexity index is 878. The summed E-state index contributed by atoms with van der Waals surface area (Å²) in [4.78, 5) is 44.3. The van der Waals surface area contributed by atoms with Crippen molar-refractivity contribution in [2.45, 2.75) is 25.4 Å². The highest BCUT2D eigenvalue weighted by Crippen LogP contribution is 2.39. The first-order chi connectivity index (χ1) is 11.5. The zero-order valence-electron chi connectivity index (χ0n) is 12.8. The van der Waals surface area contributed by atoms with Crippen LogP contribution in [-0.4, -0.2) is 28.4 Å². The van der Waals surface area contributed by atoms with Crippen LogP contribution < -0.4 is 15.5 Å². The Labute approximate surface area is 141 Å². The van der Waals surface area contributed by atoms with Gasteiger partial charge in [-0.15, -0.1) is 11.3 Å². The Kier molecular flexibility index (Phi) is 3.17. The number of rotatable bonds is 2. The quantitative estimate of drug-likeness (QED) is 0.868. The fourth-order valence-electron chi connectivity index (χ4n) is 3.18. The van der Waals surface area contributed by atoms with Crippen molar-refractivity contribution in [1.82, 2.24) is 10.3 Å². The minimum absolute atomic E-state index is 0.187. The molecule has 0 radical (unpaired) electrons. The van der Waals surface area contributed by atoms with Crippen LogP contribution in [0.15, 0.2) is 30.5 Å². The predicted molar refractivity (Wildman–Crippen MR) is 88.8 cm³/mol. The van der Waals surface area contributed by atoms with Gasteiger partial charge in [0.05, 0.1) is 11.3 Å². The number of anilines is 2. The fraction of sp³-hybridized carbons (Fsp3) is 0.250. The van der Waals surface area contributed by atoms with E-state index in [9.17, 15) is 14.4 Å². The molecular formula is C16H14N4O3S. The molecule has 24 heavy (non-hydrogen) atoms. The van der Waals surface area contributed by atoms with Gasteiger partial charge in [0, 0.05) is 23.9 Å². The molecule has 3 heterocycles. The second-order valence-electron chi connectivity index (χ2n) is 5.79. The molecule has 4 rings (SSSR count). The van der Waals surface area contributed by atoms with Crippen molar-refractivity contribution in [3.63, 3.8) is 0 Å². The SMILES string of the molecule is Cc1cnc(NC(=O)C23CCC(=O)N2c2ccccc2C(=O)N3)s1. The lowest BCUT2D eigenvalue weighted by Crippen LogP contribution is -2.68. The molecule has 122 valence electrons. The third-order valence-corrected chi connectivity index (χ3v) is 5.09. The Morgan fingerprint density at radius 1 is 1.38 bits per heavy atom. The normalized spacial score (nSPS) is 22.0. The number of aromatic nitrogens is 1. The molecule has 7 nitrogen and oxygen atoms in total. The molecule has 0 aliphatic carbocycles. The molecule has 0 spiro atoms. The van der Waals surface area contributed by atoms with E-state index in [1.807, 2.05) is 6.92 Å². The number of carbonyl (C=O) groups excluding carboxylic acids is 3. The van der Waals surface area contributed by atoms with E-state index in [1.165, 1.54) is 16.2 Å². The minimum atomic E-state index is -1.40. The number of amides is 3. The fourth-order valence-corrected chi connectivity index (χ4v) is 3.84. The third-order valence-electron chi connectivity index (χ3n) is 4.26. The molecule has 1 saturated heterocycles. The number of hydrogen-bond donors (Lipinski definition) is 2. The lowest BCUT2D eigenvalue weighted by atomic mass is 9.99. The van der Waals surface area contributed by atoms with Gasteiger partial charge in [-0.2, -0.15) is 0 Å². The van der Waals surface area contributed by atoms with E-state index in [-0.39, 0.29) is 24.7 Å². The first-order valence-electron chi connectivity index (χ1n) is 7.50. The van der Waals surface area contributed by atoms with Crippen molar-refractivity contribution < 1.29 is 14.4 Å². The highest BCUT2D eigenvalue weighted by Gasteiger charge is 2.56. The number of benzene rings is 1. The summed E-state index contributed by atoms with van der Waals surface area (Å²) in [6, 6.07) is 6.80. The maximum absolute atomic E-state index is 12.9. The second-order valence-corrected chi connectivity index (χ2v) is 7.03. The average molecular weight is 342 g/mol. The van der Waals surface area contributed by atoms with Crippen molar-refractivity contribution >= 4 is 39.9 Å². The zero-order valence-corrected chi connectivity index (χ0v) is 13.6. The van der Waals surface area contributed by atoms with Gasteiger partial charge < -0.3 is 5.32 Å². The summed E-state index contributed by atoms with van der Waals surface area (Å²) in [5.74, 6) is -1.000. The number of carbonyl (C=O) groups is 3. The van der Waals surface area contributed by atoms with Gasteiger partial charge >= 0.3 is 0 Å². The summed E-state index contributed by atoms with van der Waals surface area (Å²) in [7, 11) is 0. The molecule has 3 amide bonds. The number of thiazole rings is 1. The molecule has 0 saturated carbocycles. The van der Waals surface area contributed by atoms with E-state index < -0.39 is 11.6 Å². The van der Waals surface area contributed by atoms with Crippen LogP contribution in [0.3, 0.4) is 0 Å². The Balaban J connectivity index is 1.77. The second kappa shape index (κ2) is 5.13. The molecule has 0 bridgehead atoms. The van der Waals surface area contributed by atoms with Gasteiger partial charge in [-0.3, -0.25) is 24.6 Å². The lowest BCUT2D eigenvalue weighted by Gasteiger charge is -2.41. The summed E-state index contributed by atoms with van der Waals surface area (Å²) in [5, 5.41) is 5.91. The lowest BCUT2D eigenvalue weighted by molar-refractivity contribution is -0.124. The number of nitrogens with zero attached hydrogens (tertiary/aromatic N) is 2. The van der Waals surface area contributed by atoms with Gasteiger partial charge in [-0.1, -0.05) is 12.1 Å². The monoisotopic (exact) mass is 342 g/mol. The van der Waals surface area contributed by atoms with Crippen molar-refractivity contribution in [1.29, 1.82) is 0 Å². The number of fused-ring (bicyclic) bond motifs is 3. The van der Waals surface area contributed by atoms with E-state index in [0.29, 0.717) is 16.4 Å². The molecular weight excluding hydrogens is 328 g/mol. The van der Waals surface area contributed by atoms with Gasteiger partial charge in [-0.05, 0) is 19.1 Å². The number of hydrogen-bond acceptors (Lipinski definition) is 5. The largest absolute Gasteiger partial charge is 0.321 e. The Hall–Kier alpha value is -2.74. The van der Waals surface area contributed by atoms with Gasteiger partial charge in [0.2, 0.25) is 11.6 Å². The van der Waals surface area contributed by atoms with Crippen LogP contribution in [0.4, 0.5) is 10.8 Å². The van der Waals surface area contributed by atoms with Gasteiger partial charge in [0.15, 0.2) is 5.13 Å². The summed E-state index contributed by atoms with van der Waals surface area (Å²) in [6.07, 6.45) is 2.07. The smallest absolute Gasteiger partial charge is 0.273 e. The first kappa shape index (κ1) is 14.8. The number of para-hydroxylation sites is 1. The number of nitrogens with one attached hydrogen (secondary N) is 2. The summed E-state index contributed by atoms with van der Waals surface area (Å²) in [6.45, 7) is 1.88. The maximum atomic E-state index is 12.9. The third kappa shape index (κ3) is 2.03. The van der Waals surface area contributed by atoms with Gasteiger partial charge in [0.25, 0.3) is 11.8 Å². The van der Waals surface area contributed by atoms with E-state index in [4.69, 9.17) is 0 Å². The van der Waals surface area contributed by atoms with Crippen molar-refractivity contribution in [2.24, 2.45) is 0 Å². The van der Waals surface area contributed by atoms with Crippen LogP contribution >= 0.6 is 11.3 Å². The average Bonchev–Trinajstić information content (AvgIpc) is 3.12. The van der Waals surface area contributed by atoms with Crippen LogP contribution in [0.2, 0.25) is 0 Å². The van der Waals surface area contributed by atoms with E-state index in [2.05, 4.69) is 15.6 Å². The molecule has 2 aromatic rings. The van der Waals surface area contributed by atoms with E-state index in [1.54, 1.807) is 30.5 Å². The molecule has 1 aromatic carbocycles.